The topological polar surface area (TPSA) is 62.5 Å². The molecule has 7 heteroatoms. The van der Waals surface area contributed by atoms with E-state index in [1.165, 1.54) is 10.1 Å². The third kappa shape index (κ3) is 4.02. The van der Waals surface area contributed by atoms with Crippen molar-refractivity contribution < 1.29 is 4.79 Å². The predicted octanol–water partition coefficient (Wildman–Crippen LogP) is 5.15. The van der Waals surface area contributed by atoms with E-state index in [-0.39, 0.29) is 5.41 Å². The number of halogens is 1. The Morgan fingerprint density at radius 1 is 1.18 bits per heavy atom. The number of hydrogen-bond donors (Lipinski definition) is 1. The summed E-state index contributed by atoms with van der Waals surface area (Å²) >= 11 is 8.12. The summed E-state index contributed by atoms with van der Waals surface area (Å²) < 4.78 is 5.96. The summed E-state index contributed by atoms with van der Waals surface area (Å²) in [6.45, 7) is 9.36. The highest BCUT2D eigenvalue weighted by Crippen LogP contribution is 2.64. The van der Waals surface area contributed by atoms with Crippen LogP contribution in [0.5, 0.6) is 0 Å². The van der Waals surface area contributed by atoms with Crippen molar-refractivity contribution in [2.24, 2.45) is 5.41 Å². The lowest BCUT2D eigenvalue weighted by atomic mass is 9.86. The smallest absolute Gasteiger partial charge is 0.150 e. The lowest BCUT2D eigenvalue weighted by Crippen LogP contribution is -2.46. The Balaban J connectivity index is 1.18. The Morgan fingerprint density at radius 2 is 1.91 bits per heavy atom. The number of nitrogens with two attached hydrogens (primary N) is 1. The van der Waals surface area contributed by atoms with Gasteiger partial charge in [-0.15, -0.1) is 0 Å². The molecule has 2 N–H and O–H groups in total. The van der Waals surface area contributed by atoms with Crippen LogP contribution in [0.3, 0.4) is 0 Å². The van der Waals surface area contributed by atoms with E-state index in [9.17, 15) is 4.79 Å². The molecule has 1 atom stereocenters. The highest BCUT2D eigenvalue weighted by molar-refractivity contribution is 7.13. The number of fused-ring (bicyclic) bond motifs is 1. The molecule has 1 aromatic heterocycles. The highest BCUT2D eigenvalue weighted by Gasteiger charge is 2.63. The third-order valence-corrected chi connectivity index (χ3v) is 8.82. The summed E-state index contributed by atoms with van der Waals surface area (Å²) in [7, 11) is 0. The van der Waals surface area contributed by atoms with Crippen LogP contribution in [0, 0.1) is 5.41 Å². The first-order chi connectivity index (χ1) is 15.8. The maximum absolute atomic E-state index is 12.0. The van der Waals surface area contributed by atoms with Crippen molar-refractivity contribution in [2.45, 2.75) is 38.5 Å². The fraction of sp³-hybridized carbons (Fsp3) is 0.462. The number of aldehydes is 1. The van der Waals surface area contributed by atoms with Crippen molar-refractivity contribution in [3.8, 4) is 0 Å². The number of nitrogen functional groups attached to an aromatic ring is 1. The lowest BCUT2D eigenvalue weighted by Gasteiger charge is -2.35. The van der Waals surface area contributed by atoms with Crippen LogP contribution < -0.4 is 10.6 Å². The van der Waals surface area contributed by atoms with Crippen LogP contribution in [-0.4, -0.2) is 48.3 Å². The van der Waals surface area contributed by atoms with Gasteiger partial charge in [0.15, 0.2) is 0 Å². The fourth-order valence-electron chi connectivity index (χ4n) is 5.37. The normalized spacial score (nSPS) is 22.6. The van der Waals surface area contributed by atoms with Crippen LogP contribution in [0.25, 0.3) is 10.1 Å². The summed E-state index contributed by atoms with van der Waals surface area (Å²) in [6, 6.07) is 12.4. The van der Waals surface area contributed by atoms with Crippen LogP contribution in [0.1, 0.15) is 37.8 Å². The molecule has 5 nitrogen and oxygen atoms in total. The molecule has 1 aliphatic carbocycles. The molecule has 1 saturated carbocycles. The molecule has 1 saturated heterocycles. The largest absolute Gasteiger partial charge is 0.398 e. The van der Waals surface area contributed by atoms with Crippen LogP contribution in [0.2, 0.25) is 5.02 Å². The Labute approximate surface area is 204 Å². The molecule has 1 unspecified atom stereocenters. The molecule has 2 aromatic carbocycles. The van der Waals surface area contributed by atoms with E-state index in [0.717, 1.165) is 75.2 Å². The molecule has 174 valence electrons. The van der Waals surface area contributed by atoms with E-state index >= 15 is 0 Å². The first-order valence-electron chi connectivity index (χ1n) is 11.7. The van der Waals surface area contributed by atoms with Gasteiger partial charge in [0.2, 0.25) is 0 Å². The van der Waals surface area contributed by atoms with Crippen molar-refractivity contribution in [3.63, 3.8) is 0 Å². The summed E-state index contributed by atoms with van der Waals surface area (Å²) in [4.78, 5) is 16.9. The minimum Gasteiger partial charge on any atom is -0.398 e. The molecule has 0 spiro atoms. The number of nitrogens with zero attached hydrogens (tertiary/aromatic N) is 3. The van der Waals surface area contributed by atoms with Crippen LogP contribution in [0.15, 0.2) is 36.4 Å². The Hall–Kier alpha value is -2.15. The van der Waals surface area contributed by atoms with Gasteiger partial charge in [-0.2, -0.15) is 4.37 Å². The zero-order chi connectivity index (χ0) is 23.2. The van der Waals surface area contributed by atoms with Crippen molar-refractivity contribution in [1.82, 2.24) is 9.27 Å². The molecule has 0 radical (unpaired) electrons. The number of piperazine rings is 1. The lowest BCUT2D eigenvalue weighted by molar-refractivity contribution is -0.110. The van der Waals surface area contributed by atoms with Gasteiger partial charge < -0.3 is 15.4 Å². The molecule has 2 heterocycles. The van der Waals surface area contributed by atoms with E-state index in [1.54, 1.807) is 11.5 Å². The number of carbonyl (C=O) groups is 1. The second-order valence-corrected chi connectivity index (χ2v) is 11.3. The van der Waals surface area contributed by atoms with Crippen molar-refractivity contribution in [3.05, 3.63) is 52.5 Å². The number of aromatic nitrogens is 1. The number of rotatable bonds is 7. The first kappa shape index (κ1) is 22.6. The summed E-state index contributed by atoms with van der Waals surface area (Å²) in [6.07, 6.45) is 3.84. The van der Waals surface area contributed by atoms with Crippen molar-refractivity contribution >= 4 is 51.0 Å². The molecule has 3 aromatic rings. The van der Waals surface area contributed by atoms with Gasteiger partial charge in [0.1, 0.15) is 12.1 Å². The zero-order valence-electron chi connectivity index (χ0n) is 19.3. The number of benzene rings is 2. The SMILES string of the molecule is CC1(C)CC1(C=O)c1cc(CCCN2CCN(c3nsc4ccccc34)CC2)c(Cl)cc1N. The number of hydrogen-bond acceptors (Lipinski definition) is 6. The molecule has 33 heavy (non-hydrogen) atoms. The van der Waals surface area contributed by atoms with Gasteiger partial charge in [-0.25, -0.2) is 0 Å². The van der Waals surface area contributed by atoms with Crippen LogP contribution in [0.4, 0.5) is 11.5 Å². The van der Waals surface area contributed by atoms with E-state index in [1.807, 2.05) is 6.07 Å². The molecule has 5 rings (SSSR count). The van der Waals surface area contributed by atoms with Crippen LogP contribution in [-0.2, 0) is 16.6 Å². The second-order valence-electron chi connectivity index (χ2n) is 10.1. The number of anilines is 2. The summed E-state index contributed by atoms with van der Waals surface area (Å²) in [5.74, 6) is 1.13. The average Bonchev–Trinajstić information content (AvgIpc) is 3.14. The molecule has 2 fully saturated rings. The third-order valence-electron chi connectivity index (χ3n) is 7.65. The summed E-state index contributed by atoms with van der Waals surface area (Å²) in [5.41, 5.74) is 8.45. The van der Waals surface area contributed by atoms with Gasteiger partial charge in [-0.1, -0.05) is 43.6 Å². The first-order valence-corrected chi connectivity index (χ1v) is 12.9. The van der Waals surface area contributed by atoms with Crippen LogP contribution >= 0.6 is 23.1 Å². The zero-order valence-corrected chi connectivity index (χ0v) is 20.9. The highest BCUT2D eigenvalue weighted by atomic mass is 35.5. The van der Waals surface area contributed by atoms with E-state index in [0.29, 0.717) is 10.7 Å². The molecule has 0 amide bonds. The average molecular weight is 483 g/mol. The predicted molar refractivity (Wildman–Crippen MR) is 139 cm³/mol. The minimum absolute atomic E-state index is 0.0454. The quantitative estimate of drug-likeness (QED) is 0.372. The second kappa shape index (κ2) is 8.57. The maximum Gasteiger partial charge on any atom is 0.150 e. The van der Waals surface area contributed by atoms with Gasteiger partial charge >= 0.3 is 0 Å². The maximum atomic E-state index is 12.0. The number of aryl methyl sites for hydroxylation is 1. The van der Waals surface area contributed by atoms with Gasteiger partial charge in [0.05, 0.1) is 10.1 Å². The Kier molecular flexibility index (Phi) is 5.88. The Bertz CT molecular complexity index is 1180. The number of carbonyl (C=O) groups excluding carboxylic acids is 1. The molecule has 2 aliphatic rings. The van der Waals surface area contributed by atoms with Gasteiger partial charge in [0.25, 0.3) is 0 Å². The molecule has 0 bridgehead atoms. The monoisotopic (exact) mass is 482 g/mol. The standard InChI is InChI=1S/C26H31ClN4OS/c1-25(2)16-26(25,17-32)20-14-18(21(27)15-22(20)28)6-5-9-30-10-12-31(13-11-30)24-19-7-3-4-8-23(19)33-29-24/h3-4,7-8,14-15,17H,5-6,9-13,16,28H2,1-2H3. The van der Waals surface area contributed by atoms with Crippen molar-refractivity contribution in [1.29, 1.82) is 0 Å². The Morgan fingerprint density at radius 3 is 2.61 bits per heavy atom. The van der Waals surface area contributed by atoms with Gasteiger partial charge in [0, 0.05) is 42.3 Å². The molecular weight excluding hydrogens is 452 g/mol. The molecule has 1 aliphatic heterocycles. The minimum atomic E-state index is -0.466. The van der Waals surface area contributed by atoms with Crippen molar-refractivity contribution in [2.75, 3.05) is 43.4 Å². The van der Waals surface area contributed by atoms with Gasteiger partial charge in [-0.05, 0) is 72.1 Å². The molecular formula is C26H31ClN4OS. The van der Waals surface area contributed by atoms with Gasteiger partial charge in [-0.3, -0.25) is 4.90 Å². The van der Waals surface area contributed by atoms with E-state index in [4.69, 9.17) is 21.7 Å². The van der Waals surface area contributed by atoms with E-state index in [2.05, 4.69) is 54.0 Å². The van der Waals surface area contributed by atoms with E-state index < -0.39 is 5.41 Å². The summed E-state index contributed by atoms with van der Waals surface area (Å²) in [5, 5.41) is 1.97. The fourth-order valence-corrected chi connectivity index (χ4v) is 6.43.